The Bertz CT molecular complexity index is 773. The van der Waals surface area contributed by atoms with Crippen LogP contribution in [0.3, 0.4) is 0 Å². The number of methoxy groups -OCH3 is 4. The van der Waals surface area contributed by atoms with Crippen molar-refractivity contribution in [3.63, 3.8) is 0 Å². The van der Waals surface area contributed by atoms with Gasteiger partial charge in [0, 0.05) is 17.8 Å². The van der Waals surface area contributed by atoms with Crippen LogP contribution in [0.1, 0.15) is 11.7 Å². The van der Waals surface area contributed by atoms with Crippen LogP contribution in [0, 0.1) is 0 Å². The number of nitrogens with one attached hydrogen (secondary N) is 1. The minimum Gasteiger partial charge on any atom is -0.497 e. The van der Waals surface area contributed by atoms with Crippen LogP contribution in [0.5, 0.6) is 23.0 Å². The molecular formula is C19H25N3O5. The first-order valence-electron chi connectivity index (χ1n) is 8.20. The number of aliphatic hydroxyl groups excluding tert-OH is 1. The molecule has 0 fully saturated rings. The zero-order chi connectivity index (χ0) is 19.8. The first kappa shape index (κ1) is 20.2. The van der Waals surface area contributed by atoms with Crippen LogP contribution in [0.2, 0.25) is 0 Å². The molecule has 2 rings (SSSR count). The molecule has 1 atom stereocenters. The van der Waals surface area contributed by atoms with Gasteiger partial charge in [-0.05, 0) is 29.8 Å². The zero-order valence-corrected chi connectivity index (χ0v) is 15.9. The SMILES string of the molecule is COc1cc(OC)cc(C(O)CN=C(N)Nc2ccc(OC)c(OC)c2)c1. The molecule has 8 nitrogen and oxygen atoms in total. The Morgan fingerprint density at radius 2 is 1.59 bits per heavy atom. The highest BCUT2D eigenvalue weighted by molar-refractivity contribution is 5.92. The van der Waals surface area contributed by atoms with Crippen LogP contribution in [0.15, 0.2) is 41.4 Å². The Kier molecular flexibility index (Phi) is 7.13. The molecule has 0 saturated heterocycles. The lowest BCUT2D eigenvalue weighted by Crippen LogP contribution is -2.23. The summed E-state index contributed by atoms with van der Waals surface area (Å²) in [6.45, 7) is 0.0719. The zero-order valence-electron chi connectivity index (χ0n) is 15.9. The van der Waals surface area contributed by atoms with E-state index in [9.17, 15) is 5.11 Å². The molecule has 0 saturated carbocycles. The summed E-state index contributed by atoms with van der Waals surface area (Å²) in [5.41, 5.74) is 7.22. The van der Waals surface area contributed by atoms with E-state index in [2.05, 4.69) is 10.3 Å². The molecule has 0 aliphatic carbocycles. The minimum absolute atomic E-state index is 0.0719. The number of nitrogens with two attached hydrogens (primary N) is 1. The Morgan fingerprint density at radius 1 is 0.963 bits per heavy atom. The van der Waals surface area contributed by atoms with E-state index in [0.29, 0.717) is 34.2 Å². The number of hydrogen-bond acceptors (Lipinski definition) is 6. The average Bonchev–Trinajstić information content (AvgIpc) is 2.71. The lowest BCUT2D eigenvalue weighted by molar-refractivity contribution is 0.186. The van der Waals surface area contributed by atoms with Crippen LogP contribution < -0.4 is 30.0 Å². The number of aliphatic hydroxyl groups is 1. The smallest absolute Gasteiger partial charge is 0.193 e. The van der Waals surface area contributed by atoms with Crippen LogP contribution in [-0.4, -0.2) is 46.1 Å². The third kappa shape index (κ3) is 5.42. The molecule has 0 heterocycles. The molecule has 8 heteroatoms. The Morgan fingerprint density at radius 3 is 2.15 bits per heavy atom. The van der Waals surface area contributed by atoms with E-state index >= 15 is 0 Å². The van der Waals surface area contributed by atoms with Gasteiger partial charge >= 0.3 is 0 Å². The molecule has 0 spiro atoms. The molecule has 0 aromatic heterocycles. The minimum atomic E-state index is -0.861. The summed E-state index contributed by atoms with van der Waals surface area (Å²) in [4.78, 5) is 4.18. The number of anilines is 1. The van der Waals surface area contributed by atoms with Crippen molar-refractivity contribution in [1.82, 2.24) is 0 Å². The van der Waals surface area contributed by atoms with Gasteiger partial charge in [-0.25, -0.2) is 0 Å². The molecule has 27 heavy (non-hydrogen) atoms. The first-order valence-corrected chi connectivity index (χ1v) is 8.20. The van der Waals surface area contributed by atoms with Crippen molar-refractivity contribution in [2.24, 2.45) is 10.7 Å². The monoisotopic (exact) mass is 375 g/mol. The van der Waals surface area contributed by atoms with Crippen molar-refractivity contribution in [3.8, 4) is 23.0 Å². The second kappa shape index (κ2) is 9.54. The first-order chi connectivity index (χ1) is 13.0. The highest BCUT2D eigenvalue weighted by atomic mass is 16.5. The number of hydrogen-bond donors (Lipinski definition) is 3. The predicted molar refractivity (Wildman–Crippen MR) is 104 cm³/mol. The molecule has 0 amide bonds. The molecule has 4 N–H and O–H groups in total. The van der Waals surface area contributed by atoms with Crippen LogP contribution in [0.4, 0.5) is 5.69 Å². The molecule has 2 aromatic rings. The van der Waals surface area contributed by atoms with Crippen molar-refractivity contribution in [2.75, 3.05) is 40.3 Å². The number of rotatable bonds is 8. The molecule has 0 bridgehead atoms. The van der Waals surface area contributed by atoms with E-state index in [1.807, 2.05) is 0 Å². The van der Waals surface area contributed by atoms with Crippen molar-refractivity contribution < 1.29 is 24.1 Å². The second-order valence-corrected chi connectivity index (χ2v) is 5.58. The molecule has 0 radical (unpaired) electrons. The van der Waals surface area contributed by atoms with Gasteiger partial charge in [-0.3, -0.25) is 4.99 Å². The van der Waals surface area contributed by atoms with E-state index in [-0.39, 0.29) is 12.5 Å². The maximum Gasteiger partial charge on any atom is 0.193 e. The van der Waals surface area contributed by atoms with Crippen molar-refractivity contribution >= 4 is 11.6 Å². The lowest BCUT2D eigenvalue weighted by Gasteiger charge is -2.13. The predicted octanol–water partition coefficient (Wildman–Crippen LogP) is 2.18. The largest absolute Gasteiger partial charge is 0.497 e. The number of benzene rings is 2. The Balaban J connectivity index is 2.06. The van der Waals surface area contributed by atoms with Gasteiger partial charge in [0.05, 0.1) is 41.1 Å². The van der Waals surface area contributed by atoms with E-state index in [0.717, 1.165) is 0 Å². The van der Waals surface area contributed by atoms with Gasteiger partial charge in [-0.2, -0.15) is 0 Å². The van der Waals surface area contributed by atoms with E-state index in [4.69, 9.17) is 24.7 Å². The number of aliphatic imine (C=N–C) groups is 1. The molecule has 146 valence electrons. The number of ether oxygens (including phenoxy) is 4. The fourth-order valence-electron chi connectivity index (χ4n) is 2.41. The van der Waals surface area contributed by atoms with Gasteiger partial charge in [0.25, 0.3) is 0 Å². The summed E-state index contributed by atoms with van der Waals surface area (Å²) < 4.78 is 20.9. The quantitative estimate of drug-likeness (QED) is 0.479. The molecule has 0 aliphatic rings. The van der Waals surface area contributed by atoms with Gasteiger partial charge in [0.1, 0.15) is 11.5 Å². The Hall–Kier alpha value is -3.13. The number of nitrogens with zero attached hydrogens (tertiary/aromatic N) is 1. The summed E-state index contributed by atoms with van der Waals surface area (Å²) in [5.74, 6) is 2.52. The second-order valence-electron chi connectivity index (χ2n) is 5.58. The highest BCUT2D eigenvalue weighted by Gasteiger charge is 2.11. The third-order valence-electron chi connectivity index (χ3n) is 3.85. The highest BCUT2D eigenvalue weighted by Crippen LogP contribution is 2.30. The molecule has 0 aliphatic heterocycles. The standard InChI is InChI=1S/C19H25N3O5/c1-24-14-7-12(8-15(10-14)25-2)16(23)11-21-19(20)22-13-5-6-17(26-3)18(9-13)27-4/h5-10,16,23H,11H2,1-4H3,(H3,20,21,22). The summed E-state index contributed by atoms with van der Waals surface area (Å²) in [5, 5.41) is 13.3. The van der Waals surface area contributed by atoms with E-state index < -0.39 is 6.10 Å². The van der Waals surface area contributed by atoms with Gasteiger partial charge in [0.15, 0.2) is 17.5 Å². The maximum absolute atomic E-state index is 10.4. The number of guanidine groups is 1. The van der Waals surface area contributed by atoms with Gasteiger partial charge in [-0.1, -0.05) is 0 Å². The van der Waals surface area contributed by atoms with E-state index in [1.165, 1.54) is 0 Å². The van der Waals surface area contributed by atoms with Gasteiger partial charge in [0.2, 0.25) is 0 Å². The van der Waals surface area contributed by atoms with Crippen LogP contribution in [-0.2, 0) is 0 Å². The van der Waals surface area contributed by atoms with Crippen molar-refractivity contribution in [3.05, 3.63) is 42.0 Å². The third-order valence-corrected chi connectivity index (χ3v) is 3.85. The molecular weight excluding hydrogens is 350 g/mol. The fraction of sp³-hybridized carbons (Fsp3) is 0.316. The van der Waals surface area contributed by atoms with Gasteiger partial charge < -0.3 is 35.1 Å². The summed E-state index contributed by atoms with van der Waals surface area (Å²) in [7, 11) is 6.22. The van der Waals surface area contributed by atoms with Crippen LogP contribution in [0.25, 0.3) is 0 Å². The molecule has 1 unspecified atom stereocenters. The topological polar surface area (TPSA) is 108 Å². The lowest BCUT2D eigenvalue weighted by atomic mass is 10.1. The Labute approximate surface area is 158 Å². The summed E-state index contributed by atoms with van der Waals surface area (Å²) in [6, 6.07) is 10.5. The van der Waals surface area contributed by atoms with E-state index in [1.54, 1.807) is 64.8 Å². The van der Waals surface area contributed by atoms with Crippen molar-refractivity contribution in [2.45, 2.75) is 6.10 Å². The normalized spacial score (nSPS) is 12.3. The van der Waals surface area contributed by atoms with Gasteiger partial charge in [-0.15, -0.1) is 0 Å². The van der Waals surface area contributed by atoms with Crippen molar-refractivity contribution in [1.29, 1.82) is 0 Å². The summed E-state index contributed by atoms with van der Waals surface area (Å²) >= 11 is 0. The molecule has 2 aromatic carbocycles. The summed E-state index contributed by atoms with van der Waals surface area (Å²) in [6.07, 6.45) is -0.861. The average molecular weight is 375 g/mol. The van der Waals surface area contributed by atoms with Crippen LogP contribution >= 0.6 is 0 Å². The fourth-order valence-corrected chi connectivity index (χ4v) is 2.41. The maximum atomic E-state index is 10.4.